The number of thioether (sulfide) groups is 1. The predicted molar refractivity (Wildman–Crippen MR) is 112 cm³/mol. The molecule has 2 fully saturated rings. The van der Waals surface area contributed by atoms with Gasteiger partial charge in [-0.2, -0.15) is 0 Å². The van der Waals surface area contributed by atoms with Crippen LogP contribution < -0.4 is 4.74 Å². The number of aromatic nitrogens is 2. The molecule has 1 aromatic carbocycles. The average Bonchev–Trinajstić information content (AvgIpc) is 2.97. The van der Waals surface area contributed by atoms with Crippen molar-refractivity contribution in [2.24, 2.45) is 0 Å². The molecule has 2 saturated heterocycles. The van der Waals surface area contributed by atoms with Crippen LogP contribution in [0.2, 0.25) is 0 Å². The van der Waals surface area contributed by atoms with Gasteiger partial charge in [0.25, 0.3) is 0 Å². The van der Waals surface area contributed by atoms with Gasteiger partial charge in [0.1, 0.15) is 5.75 Å². The minimum absolute atomic E-state index is 0.403. The number of piperidine rings is 1. The van der Waals surface area contributed by atoms with E-state index in [-0.39, 0.29) is 0 Å². The first-order valence-corrected chi connectivity index (χ1v) is 11.2. The Bertz CT molecular complexity index is 767. The lowest BCUT2D eigenvalue weighted by Gasteiger charge is -2.44. The van der Waals surface area contributed by atoms with Gasteiger partial charge in [-0.1, -0.05) is 30.8 Å². The van der Waals surface area contributed by atoms with Crippen LogP contribution in [-0.4, -0.2) is 44.9 Å². The maximum atomic E-state index is 11.4. The van der Waals surface area contributed by atoms with Gasteiger partial charge in [0, 0.05) is 42.3 Å². The highest BCUT2D eigenvalue weighted by Gasteiger charge is 2.48. The van der Waals surface area contributed by atoms with E-state index in [2.05, 4.69) is 21.8 Å². The van der Waals surface area contributed by atoms with E-state index in [0.717, 1.165) is 66.4 Å². The first-order chi connectivity index (χ1) is 13.6. The zero-order valence-corrected chi connectivity index (χ0v) is 17.5. The summed E-state index contributed by atoms with van der Waals surface area (Å²) in [6, 6.07) is 8.71. The van der Waals surface area contributed by atoms with Crippen LogP contribution in [0, 0.1) is 0 Å². The molecule has 1 aromatic heterocycles. The third kappa shape index (κ3) is 4.04. The van der Waals surface area contributed by atoms with Crippen molar-refractivity contribution in [3.63, 3.8) is 0 Å². The minimum Gasteiger partial charge on any atom is -0.497 e. The number of nitrogens with zero attached hydrogens (tertiary/aromatic N) is 3. The lowest BCUT2D eigenvalue weighted by atomic mass is 9.80. The van der Waals surface area contributed by atoms with Gasteiger partial charge >= 0.3 is 0 Å². The molecule has 0 saturated carbocycles. The quantitative estimate of drug-likeness (QED) is 0.561. The highest BCUT2D eigenvalue weighted by atomic mass is 32.2. The fourth-order valence-electron chi connectivity index (χ4n) is 4.61. The van der Waals surface area contributed by atoms with E-state index in [1.807, 2.05) is 36.7 Å². The Balaban J connectivity index is 1.43. The van der Waals surface area contributed by atoms with E-state index >= 15 is 0 Å². The maximum Gasteiger partial charge on any atom is 0.187 e. The van der Waals surface area contributed by atoms with Gasteiger partial charge in [0.15, 0.2) is 5.16 Å². The standard InChI is InChI=1S/C22H29N3O2S/c1-3-10-28-21-23-13-16(14-24-21)15-25-18-6-7-19(25)12-22(26,11-18)17-4-8-20(27-2)9-5-17/h4-5,8-9,13-14,18-19,26H,3,6-7,10-12,15H2,1-2H3. The van der Waals surface area contributed by atoms with Crippen molar-refractivity contribution >= 4 is 11.8 Å². The van der Waals surface area contributed by atoms with Crippen molar-refractivity contribution in [3.05, 3.63) is 47.8 Å². The molecular formula is C22H29N3O2S. The molecular weight excluding hydrogens is 370 g/mol. The van der Waals surface area contributed by atoms with Crippen molar-refractivity contribution in [2.45, 2.75) is 68.4 Å². The van der Waals surface area contributed by atoms with E-state index in [1.165, 1.54) is 0 Å². The van der Waals surface area contributed by atoms with E-state index < -0.39 is 5.60 Å². The number of hydrogen-bond donors (Lipinski definition) is 1. The first kappa shape index (κ1) is 19.7. The molecule has 3 heterocycles. The summed E-state index contributed by atoms with van der Waals surface area (Å²) in [6.45, 7) is 3.04. The van der Waals surface area contributed by atoms with Crippen LogP contribution in [0.1, 0.15) is 50.2 Å². The summed E-state index contributed by atoms with van der Waals surface area (Å²) in [5, 5.41) is 12.3. The van der Waals surface area contributed by atoms with Gasteiger partial charge in [-0.3, -0.25) is 4.90 Å². The highest BCUT2D eigenvalue weighted by molar-refractivity contribution is 7.99. The molecule has 1 N–H and O–H groups in total. The fraction of sp³-hybridized carbons (Fsp3) is 0.545. The third-order valence-corrected chi connectivity index (χ3v) is 7.11. The molecule has 2 bridgehead atoms. The molecule has 6 heteroatoms. The summed E-state index contributed by atoms with van der Waals surface area (Å²) in [5.41, 5.74) is 1.42. The summed E-state index contributed by atoms with van der Waals surface area (Å²) in [5.74, 6) is 1.88. The smallest absolute Gasteiger partial charge is 0.187 e. The lowest BCUT2D eigenvalue weighted by Crippen LogP contribution is -2.49. The summed E-state index contributed by atoms with van der Waals surface area (Å²) in [4.78, 5) is 11.6. The zero-order chi connectivity index (χ0) is 19.6. The van der Waals surface area contributed by atoms with E-state index in [4.69, 9.17) is 4.74 Å². The number of aliphatic hydroxyl groups is 1. The molecule has 2 aromatic rings. The Labute approximate surface area is 171 Å². The Hall–Kier alpha value is -1.63. The molecule has 0 radical (unpaired) electrons. The van der Waals surface area contributed by atoms with Gasteiger partial charge in [-0.15, -0.1) is 0 Å². The zero-order valence-electron chi connectivity index (χ0n) is 16.7. The average molecular weight is 400 g/mol. The van der Waals surface area contributed by atoms with Crippen LogP contribution in [0.5, 0.6) is 5.75 Å². The number of methoxy groups -OCH3 is 1. The Morgan fingerprint density at radius 3 is 2.36 bits per heavy atom. The van der Waals surface area contributed by atoms with Gasteiger partial charge in [-0.25, -0.2) is 9.97 Å². The van der Waals surface area contributed by atoms with Gasteiger partial charge in [-0.05, 0) is 49.8 Å². The number of ether oxygens (including phenoxy) is 1. The van der Waals surface area contributed by atoms with Crippen LogP contribution in [0.25, 0.3) is 0 Å². The Morgan fingerprint density at radius 2 is 1.79 bits per heavy atom. The molecule has 2 aliphatic heterocycles. The number of fused-ring (bicyclic) bond motifs is 2. The summed E-state index contributed by atoms with van der Waals surface area (Å²) >= 11 is 1.71. The second-order valence-electron chi connectivity index (χ2n) is 7.95. The van der Waals surface area contributed by atoms with Gasteiger partial charge < -0.3 is 9.84 Å². The van der Waals surface area contributed by atoms with Crippen molar-refractivity contribution in [3.8, 4) is 5.75 Å². The molecule has 5 nitrogen and oxygen atoms in total. The first-order valence-electron chi connectivity index (χ1n) is 10.2. The van der Waals surface area contributed by atoms with Crippen LogP contribution in [0.3, 0.4) is 0 Å². The van der Waals surface area contributed by atoms with E-state index in [9.17, 15) is 5.11 Å². The molecule has 150 valence electrons. The Kier molecular flexibility index (Phi) is 5.90. The molecule has 0 spiro atoms. The predicted octanol–water partition coefficient (Wildman–Crippen LogP) is 4.00. The molecule has 2 unspecified atom stereocenters. The van der Waals surface area contributed by atoms with Crippen molar-refractivity contribution < 1.29 is 9.84 Å². The molecule has 4 rings (SSSR count). The molecule has 2 aliphatic rings. The second-order valence-corrected chi connectivity index (χ2v) is 9.01. The SMILES string of the molecule is CCCSc1ncc(CN2C3CCC2CC(O)(c2ccc(OC)cc2)C3)cn1. The fourth-order valence-corrected chi connectivity index (χ4v) is 5.26. The van der Waals surface area contributed by atoms with E-state index in [1.54, 1.807) is 18.9 Å². The topological polar surface area (TPSA) is 58.5 Å². The number of hydrogen-bond acceptors (Lipinski definition) is 6. The molecule has 2 atom stereocenters. The Morgan fingerprint density at radius 1 is 1.14 bits per heavy atom. The van der Waals surface area contributed by atoms with Crippen molar-refractivity contribution in [1.29, 1.82) is 0 Å². The van der Waals surface area contributed by atoms with Crippen LogP contribution in [0.4, 0.5) is 0 Å². The van der Waals surface area contributed by atoms with Crippen LogP contribution in [-0.2, 0) is 12.1 Å². The summed E-state index contributed by atoms with van der Waals surface area (Å²) in [7, 11) is 1.67. The number of rotatable bonds is 7. The summed E-state index contributed by atoms with van der Waals surface area (Å²) < 4.78 is 5.25. The summed E-state index contributed by atoms with van der Waals surface area (Å²) in [6.07, 6.45) is 8.92. The number of benzene rings is 1. The largest absolute Gasteiger partial charge is 0.497 e. The third-order valence-electron chi connectivity index (χ3n) is 6.03. The lowest BCUT2D eigenvalue weighted by molar-refractivity contribution is -0.0595. The van der Waals surface area contributed by atoms with Crippen molar-refractivity contribution in [2.75, 3.05) is 12.9 Å². The van der Waals surface area contributed by atoms with Gasteiger partial charge in [0.05, 0.1) is 12.7 Å². The molecule has 0 aliphatic carbocycles. The monoisotopic (exact) mass is 399 g/mol. The van der Waals surface area contributed by atoms with Crippen molar-refractivity contribution in [1.82, 2.24) is 14.9 Å². The minimum atomic E-state index is -0.744. The normalized spacial score (nSPS) is 27.1. The van der Waals surface area contributed by atoms with Crippen LogP contribution in [0.15, 0.2) is 41.8 Å². The second kappa shape index (κ2) is 8.39. The maximum absolute atomic E-state index is 11.4. The van der Waals surface area contributed by atoms with E-state index in [0.29, 0.717) is 12.1 Å². The molecule has 0 amide bonds. The van der Waals surface area contributed by atoms with Gasteiger partial charge in [0.2, 0.25) is 0 Å². The molecule has 28 heavy (non-hydrogen) atoms. The highest BCUT2D eigenvalue weighted by Crippen LogP contribution is 2.46. The van der Waals surface area contributed by atoms with Crippen LogP contribution >= 0.6 is 11.8 Å².